The summed E-state index contributed by atoms with van der Waals surface area (Å²) >= 11 is 7.60. The molecule has 17 heteroatoms. The largest absolute Gasteiger partial charge is 0.501 e. The minimum absolute atomic E-state index is 0.00180. The van der Waals surface area contributed by atoms with Crippen LogP contribution >= 0.6 is 23.4 Å². The van der Waals surface area contributed by atoms with Gasteiger partial charge in [-0.2, -0.15) is 13.2 Å². The molecule has 1 aliphatic heterocycles. The van der Waals surface area contributed by atoms with Gasteiger partial charge in [-0.05, 0) is 138 Å². The van der Waals surface area contributed by atoms with Gasteiger partial charge in [0, 0.05) is 84.3 Å². The number of anilines is 2. The number of carbonyl (C=O) groups excluding carboxylic acids is 1. The van der Waals surface area contributed by atoms with Gasteiger partial charge in [0.15, 0.2) is 0 Å². The monoisotopic (exact) mass is 959 g/mol. The van der Waals surface area contributed by atoms with Crippen molar-refractivity contribution in [2.45, 2.75) is 98.1 Å². The Kier molecular flexibility index (Phi) is 16.6. The van der Waals surface area contributed by atoms with Crippen molar-refractivity contribution >= 4 is 66.1 Å². The van der Waals surface area contributed by atoms with E-state index in [0.29, 0.717) is 24.8 Å². The highest BCUT2D eigenvalue weighted by Gasteiger charge is 2.48. The summed E-state index contributed by atoms with van der Waals surface area (Å²) in [7, 11) is -10.9. The maximum atomic E-state index is 14.2. The van der Waals surface area contributed by atoms with Crippen molar-refractivity contribution in [2.75, 3.05) is 55.2 Å². The van der Waals surface area contributed by atoms with Gasteiger partial charge < -0.3 is 10.2 Å². The Bertz CT molecular complexity index is 2460. The molecule has 0 bridgehead atoms. The fraction of sp³-hybridized carbons (Fsp3) is 0.426. The molecule has 1 aliphatic carbocycles. The summed E-state index contributed by atoms with van der Waals surface area (Å²) in [6.45, 7) is 12.8. The van der Waals surface area contributed by atoms with E-state index in [0.717, 1.165) is 73.3 Å². The van der Waals surface area contributed by atoms with E-state index >= 15 is 0 Å². The second-order valence-corrected chi connectivity index (χ2v) is 21.9. The quantitative estimate of drug-likeness (QED) is 0.0934. The van der Waals surface area contributed by atoms with Gasteiger partial charge in [0.05, 0.1) is 10.6 Å². The van der Waals surface area contributed by atoms with Gasteiger partial charge in [0.25, 0.3) is 25.8 Å². The number of nitrogens with zero attached hydrogens (tertiary/aromatic N) is 3. The van der Waals surface area contributed by atoms with Crippen molar-refractivity contribution in [3.8, 4) is 0 Å². The highest BCUT2D eigenvalue weighted by atomic mass is 35.5. The molecule has 4 aromatic rings. The molecule has 0 radical (unpaired) electrons. The van der Waals surface area contributed by atoms with Gasteiger partial charge in [-0.25, -0.2) is 21.6 Å². The van der Waals surface area contributed by atoms with Crippen LogP contribution in [0.1, 0.15) is 75.7 Å². The lowest BCUT2D eigenvalue weighted by atomic mass is 9.87. The molecule has 0 unspecified atom stereocenters. The van der Waals surface area contributed by atoms with Crippen molar-refractivity contribution in [1.29, 1.82) is 0 Å². The number of nitrogens with one attached hydrogen (secondary N) is 2. The average Bonchev–Trinajstić information content (AvgIpc) is 3.26. The van der Waals surface area contributed by atoms with Gasteiger partial charge >= 0.3 is 5.51 Å². The van der Waals surface area contributed by atoms with E-state index in [2.05, 4.69) is 32.1 Å². The summed E-state index contributed by atoms with van der Waals surface area (Å²) in [4.78, 5) is 19.0. The third-order valence-electron chi connectivity index (χ3n) is 11.8. The highest BCUT2D eigenvalue weighted by Crippen LogP contribution is 2.37. The summed E-state index contributed by atoms with van der Waals surface area (Å²) in [5, 5.41) is 3.73. The van der Waals surface area contributed by atoms with Gasteiger partial charge in [0.2, 0.25) is 0 Å². The predicted molar refractivity (Wildman–Crippen MR) is 252 cm³/mol. The molecule has 2 aliphatic rings. The van der Waals surface area contributed by atoms with E-state index in [1.165, 1.54) is 53.4 Å². The topological polar surface area (TPSA) is 119 Å². The van der Waals surface area contributed by atoms with Gasteiger partial charge in [-0.1, -0.05) is 47.5 Å². The van der Waals surface area contributed by atoms with Crippen molar-refractivity contribution in [1.82, 2.24) is 14.5 Å². The fourth-order valence-corrected chi connectivity index (χ4v) is 11.5. The van der Waals surface area contributed by atoms with Crippen molar-refractivity contribution < 1.29 is 34.8 Å². The number of piperazine rings is 1. The number of sulfonamides is 1. The molecule has 4 aromatic carbocycles. The first kappa shape index (κ1) is 49.4. The Hall–Kier alpha value is -4.06. The van der Waals surface area contributed by atoms with E-state index in [1.807, 2.05) is 74.9 Å². The van der Waals surface area contributed by atoms with Crippen LogP contribution in [-0.2, 0) is 19.9 Å². The third kappa shape index (κ3) is 12.6. The van der Waals surface area contributed by atoms with Gasteiger partial charge in [-0.15, -0.1) is 11.8 Å². The Morgan fingerprint density at radius 2 is 1.47 bits per heavy atom. The van der Waals surface area contributed by atoms with Crippen LogP contribution in [0, 0.1) is 0 Å². The van der Waals surface area contributed by atoms with E-state index in [9.17, 15) is 34.8 Å². The molecule has 0 saturated carbocycles. The molecule has 1 amide bonds. The number of allylic oxidation sites excluding steroid dienone is 1. The summed E-state index contributed by atoms with van der Waals surface area (Å²) in [5.41, 5.74) is -1.18. The number of sulfone groups is 1. The highest BCUT2D eigenvalue weighted by molar-refractivity contribution is 7.99. The zero-order valence-electron chi connectivity index (χ0n) is 36.6. The summed E-state index contributed by atoms with van der Waals surface area (Å²) in [6, 6.07) is 26.2. The molecule has 10 nitrogen and oxygen atoms in total. The van der Waals surface area contributed by atoms with Crippen LogP contribution in [-0.4, -0.2) is 101 Å². The van der Waals surface area contributed by atoms with Crippen LogP contribution in [0.4, 0.5) is 24.5 Å². The first-order valence-electron chi connectivity index (χ1n) is 21.6. The Morgan fingerprint density at radius 1 is 0.828 bits per heavy atom. The molecule has 6 rings (SSSR count). The molecule has 1 atom stereocenters. The first-order chi connectivity index (χ1) is 30.3. The predicted octanol–water partition coefficient (Wildman–Crippen LogP) is 9.98. The summed E-state index contributed by atoms with van der Waals surface area (Å²) < 4.78 is 97.9. The lowest BCUT2D eigenvalue weighted by molar-refractivity contribution is -0.0435. The normalized spacial score (nSPS) is 16.1. The van der Waals surface area contributed by atoms with E-state index in [4.69, 9.17) is 11.6 Å². The molecule has 346 valence electrons. The maximum Gasteiger partial charge on any atom is 0.501 e. The Balaban J connectivity index is 1.14. The number of thioether (sulfide) groups is 1. The van der Waals surface area contributed by atoms with E-state index < -0.39 is 52.8 Å². The number of amides is 1. The Labute approximate surface area is 385 Å². The zero-order valence-corrected chi connectivity index (χ0v) is 39.8. The van der Waals surface area contributed by atoms with Gasteiger partial charge in [-0.3, -0.25) is 14.6 Å². The third-order valence-corrected chi connectivity index (χ3v) is 16.0. The lowest BCUT2D eigenvalue weighted by Gasteiger charge is -2.37. The van der Waals surface area contributed by atoms with Crippen LogP contribution in [0.3, 0.4) is 0 Å². The second-order valence-electron chi connectivity index (χ2n) is 16.8. The molecule has 1 fully saturated rings. The molecular formula is C47H57ClF3N5O5S3. The number of rotatable bonds is 18. The zero-order chi connectivity index (χ0) is 46.2. The number of carbonyl (C=O) groups is 1. The van der Waals surface area contributed by atoms with Crippen LogP contribution in [0.2, 0.25) is 5.02 Å². The average molecular weight is 961 g/mol. The van der Waals surface area contributed by atoms with Gasteiger partial charge in [0.1, 0.15) is 4.90 Å². The molecule has 0 aromatic heterocycles. The number of hydrogen-bond acceptors (Lipinski definition) is 10. The number of alkyl halides is 3. The molecule has 1 heterocycles. The summed E-state index contributed by atoms with van der Waals surface area (Å²) in [5.74, 6) is -0.649. The number of halogens is 4. The van der Waals surface area contributed by atoms with Crippen LogP contribution in [0.5, 0.6) is 0 Å². The minimum Gasteiger partial charge on any atom is -0.380 e. The van der Waals surface area contributed by atoms with Crippen molar-refractivity contribution in [3.05, 3.63) is 119 Å². The second kappa shape index (κ2) is 21.5. The maximum absolute atomic E-state index is 14.2. The summed E-state index contributed by atoms with van der Waals surface area (Å²) in [6.07, 6.45) is 4.90. The van der Waals surface area contributed by atoms with Crippen molar-refractivity contribution in [2.24, 2.45) is 0 Å². The van der Waals surface area contributed by atoms with Crippen LogP contribution in [0.15, 0.2) is 117 Å². The number of benzene rings is 4. The standard InChI is InChI=1S/C47H57ClF3N5O5S3/c1-33(2)56(34(3)4)25-24-39(32-62-41-11-6-5-7-12-41)52-44-23-22-42(30-45(44)63(58,59)47(49,50)51)64(60,61)53-46(57)36-16-20-40(21-17-36)55-28-26-54(27-29-55)31-37-10-8-9-13-43(37)35-14-18-38(48)19-15-35/h5-7,11-12,14-23,30,33-34,39,52H,8-10,13,24-29,31-32H2,1-4H3,(H,53,57)/t39-/m1/s1. The fourth-order valence-electron chi connectivity index (χ4n) is 8.32. The molecule has 2 N–H and O–H groups in total. The Morgan fingerprint density at radius 3 is 2.09 bits per heavy atom. The van der Waals surface area contributed by atoms with E-state index in [1.54, 1.807) is 12.1 Å². The molecule has 0 spiro atoms. The van der Waals surface area contributed by atoms with Crippen molar-refractivity contribution in [3.63, 3.8) is 0 Å². The first-order valence-corrected chi connectivity index (χ1v) is 25.9. The minimum atomic E-state index is -6.05. The lowest BCUT2D eigenvalue weighted by Crippen LogP contribution is -2.47. The molecule has 1 saturated heterocycles. The molecular weight excluding hydrogens is 903 g/mol. The smallest absolute Gasteiger partial charge is 0.380 e. The van der Waals surface area contributed by atoms with Crippen LogP contribution < -0.4 is 14.9 Å². The molecule has 64 heavy (non-hydrogen) atoms. The number of hydrogen-bond donors (Lipinski definition) is 2. The SMILES string of the molecule is CC(C)N(CC[C@H](CSc1ccccc1)Nc1ccc(S(=O)(=O)NC(=O)c2ccc(N3CCN(CC4=C(c5ccc(Cl)cc5)CCCC4)CC3)cc2)cc1S(=O)(=O)C(F)(F)F)C(C)C. The van der Waals surface area contributed by atoms with Crippen LogP contribution in [0.25, 0.3) is 5.57 Å². The van der Waals surface area contributed by atoms with E-state index in [-0.39, 0.29) is 17.6 Å².